The number of halogens is 3. The van der Waals surface area contributed by atoms with Gasteiger partial charge in [-0.05, 0) is 54.3 Å². The summed E-state index contributed by atoms with van der Waals surface area (Å²) in [6.45, 7) is 4.32. The zero-order chi connectivity index (χ0) is 26.8. The summed E-state index contributed by atoms with van der Waals surface area (Å²) in [4.78, 5) is 29.0. The van der Waals surface area contributed by atoms with Crippen molar-refractivity contribution in [1.82, 2.24) is 10.2 Å². The van der Waals surface area contributed by atoms with Crippen molar-refractivity contribution in [1.29, 1.82) is 0 Å². The predicted molar refractivity (Wildman–Crippen MR) is 159 cm³/mol. The van der Waals surface area contributed by atoms with E-state index in [2.05, 4.69) is 21.2 Å². The molecule has 0 aliphatic carbocycles. The molecule has 0 spiro atoms. The van der Waals surface area contributed by atoms with Crippen molar-refractivity contribution in [3.8, 4) is 0 Å². The van der Waals surface area contributed by atoms with Crippen LogP contribution < -0.4 is 5.32 Å². The zero-order valence-electron chi connectivity index (χ0n) is 20.9. The van der Waals surface area contributed by atoms with E-state index in [9.17, 15) is 9.59 Å². The molecule has 0 aliphatic rings. The van der Waals surface area contributed by atoms with Crippen LogP contribution >= 0.6 is 50.9 Å². The highest BCUT2D eigenvalue weighted by Gasteiger charge is 2.31. The highest BCUT2D eigenvalue weighted by Crippen LogP contribution is 2.28. The second kappa shape index (κ2) is 14.8. The predicted octanol–water partition coefficient (Wildman–Crippen LogP) is 7.54. The molecule has 8 heteroatoms. The number of carbonyl (C=O) groups excluding carboxylic acids is 2. The molecule has 0 saturated carbocycles. The minimum atomic E-state index is -0.656. The minimum Gasteiger partial charge on any atom is -0.352 e. The SMILES string of the molecule is CC[C@H](C)NC(=O)[C@@H](Cc1ccccc1)N(Cc1ccc(Br)cc1)C(=O)CSCc1c(Cl)cccc1Cl. The van der Waals surface area contributed by atoms with Gasteiger partial charge in [0.05, 0.1) is 5.75 Å². The lowest BCUT2D eigenvalue weighted by Crippen LogP contribution is -2.52. The number of carbonyl (C=O) groups is 2. The Morgan fingerprint density at radius 1 is 0.946 bits per heavy atom. The van der Waals surface area contributed by atoms with Crippen LogP contribution in [0.25, 0.3) is 0 Å². The number of thioether (sulfide) groups is 1. The van der Waals surface area contributed by atoms with E-state index in [4.69, 9.17) is 23.2 Å². The van der Waals surface area contributed by atoms with Gasteiger partial charge in [0.2, 0.25) is 11.8 Å². The first-order chi connectivity index (χ1) is 17.8. The molecule has 37 heavy (non-hydrogen) atoms. The Balaban J connectivity index is 1.87. The Hall–Kier alpha value is -1.99. The molecule has 3 rings (SSSR count). The van der Waals surface area contributed by atoms with Crippen LogP contribution in [0.4, 0.5) is 0 Å². The van der Waals surface area contributed by atoms with E-state index in [1.165, 1.54) is 11.8 Å². The van der Waals surface area contributed by atoms with Crippen LogP contribution in [-0.2, 0) is 28.3 Å². The van der Waals surface area contributed by atoms with E-state index < -0.39 is 6.04 Å². The van der Waals surface area contributed by atoms with Gasteiger partial charge in [-0.1, -0.05) is 94.6 Å². The van der Waals surface area contributed by atoms with E-state index in [0.29, 0.717) is 28.8 Å². The van der Waals surface area contributed by atoms with Gasteiger partial charge in [-0.15, -0.1) is 11.8 Å². The number of hydrogen-bond donors (Lipinski definition) is 1. The van der Waals surface area contributed by atoms with E-state index in [1.807, 2.05) is 68.4 Å². The molecule has 0 aromatic heterocycles. The Morgan fingerprint density at radius 3 is 2.22 bits per heavy atom. The highest BCUT2D eigenvalue weighted by molar-refractivity contribution is 9.10. The molecule has 4 nitrogen and oxygen atoms in total. The van der Waals surface area contributed by atoms with Gasteiger partial charge in [0.15, 0.2) is 0 Å². The Bertz CT molecular complexity index is 1160. The van der Waals surface area contributed by atoms with Crippen molar-refractivity contribution < 1.29 is 9.59 Å². The molecule has 0 unspecified atom stereocenters. The lowest BCUT2D eigenvalue weighted by atomic mass is 10.0. The third kappa shape index (κ3) is 9.06. The minimum absolute atomic E-state index is 0.00662. The molecule has 0 fully saturated rings. The van der Waals surface area contributed by atoms with Gasteiger partial charge in [0.25, 0.3) is 0 Å². The average molecular weight is 622 g/mol. The van der Waals surface area contributed by atoms with Gasteiger partial charge in [-0.25, -0.2) is 0 Å². The van der Waals surface area contributed by atoms with Crippen LogP contribution in [-0.4, -0.2) is 34.6 Å². The quantitative estimate of drug-likeness (QED) is 0.227. The molecular weight excluding hydrogens is 591 g/mol. The van der Waals surface area contributed by atoms with Crippen LogP contribution in [0, 0.1) is 0 Å². The van der Waals surface area contributed by atoms with Crippen LogP contribution in [0.3, 0.4) is 0 Å². The molecule has 3 aromatic carbocycles. The molecule has 0 radical (unpaired) electrons. The fourth-order valence-electron chi connectivity index (χ4n) is 3.78. The Morgan fingerprint density at radius 2 is 1.59 bits per heavy atom. The molecule has 0 heterocycles. The zero-order valence-corrected chi connectivity index (χ0v) is 24.8. The first-order valence-electron chi connectivity index (χ1n) is 12.2. The summed E-state index contributed by atoms with van der Waals surface area (Å²) < 4.78 is 0.955. The number of amides is 2. The maximum atomic E-state index is 13.7. The lowest BCUT2D eigenvalue weighted by molar-refractivity contribution is -0.139. The van der Waals surface area contributed by atoms with Crippen LogP contribution in [0.15, 0.2) is 77.3 Å². The summed E-state index contributed by atoms with van der Waals surface area (Å²) in [6, 6.07) is 22.4. The normalized spacial score (nSPS) is 12.6. The van der Waals surface area contributed by atoms with Gasteiger partial charge in [-0.2, -0.15) is 0 Å². The fraction of sp³-hybridized carbons (Fsp3) is 0.310. The van der Waals surface area contributed by atoms with Gasteiger partial charge in [0, 0.05) is 39.3 Å². The number of hydrogen-bond acceptors (Lipinski definition) is 3. The summed E-state index contributed by atoms with van der Waals surface area (Å²) in [5.74, 6) is 0.429. The largest absolute Gasteiger partial charge is 0.352 e. The van der Waals surface area contributed by atoms with Crippen LogP contribution in [0.5, 0.6) is 0 Å². The molecule has 0 saturated heterocycles. The number of nitrogens with zero attached hydrogens (tertiary/aromatic N) is 1. The number of benzene rings is 3. The van der Waals surface area contributed by atoms with Gasteiger partial charge >= 0.3 is 0 Å². The highest BCUT2D eigenvalue weighted by atomic mass is 79.9. The summed E-state index contributed by atoms with van der Waals surface area (Å²) in [5.41, 5.74) is 2.75. The van der Waals surface area contributed by atoms with Crippen molar-refractivity contribution >= 4 is 62.7 Å². The molecule has 2 amide bonds. The summed E-state index contributed by atoms with van der Waals surface area (Å²) in [6.07, 6.45) is 1.23. The van der Waals surface area contributed by atoms with Gasteiger partial charge in [0.1, 0.15) is 6.04 Å². The van der Waals surface area contributed by atoms with Crippen LogP contribution in [0.1, 0.15) is 37.0 Å². The smallest absolute Gasteiger partial charge is 0.243 e. The standard InChI is InChI=1S/C29H31BrCl2N2O2S/c1-3-20(2)33-29(36)27(16-21-8-5-4-6-9-21)34(17-22-12-14-23(30)15-13-22)28(35)19-37-18-24-25(31)10-7-11-26(24)32/h4-15,20,27H,3,16-19H2,1-2H3,(H,33,36)/t20-,27+/m0/s1. The van der Waals surface area contributed by atoms with Crippen molar-refractivity contribution in [2.75, 3.05) is 5.75 Å². The maximum Gasteiger partial charge on any atom is 0.243 e. The first kappa shape index (κ1) is 29.6. The summed E-state index contributed by atoms with van der Waals surface area (Å²) >= 11 is 17.6. The average Bonchev–Trinajstić information content (AvgIpc) is 2.89. The second-order valence-corrected chi connectivity index (χ2v) is 11.6. The van der Waals surface area contributed by atoms with Crippen molar-refractivity contribution in [2.45, 2.75) is 51.1 Å². The molecule has 0 aliphatic heterocycles. The monoisotopic (exact) mass is 620 g/mol. The summed E-state index contributed by atoms with van der Waals surface area (Å²) in [5, 5.41) is 4.25. The number of nitrogens with one attached hydrogen (secondary N) is 1. The van der Waals surface area contributed by atoms with E-state index in [0.717, 1.165) is 27.6 Å². The molecule has 0 bridgehead atoms. The Kier molecular flexibility index (Phi) is 11.8. The van der Waals surface area contributed by atoms with Crippen molar-refractivity contribution in [3.63, 3.8) is 0 Å². The summed E-state index contributed by atoms with van der Waals surface area (Å²) in [7, 11) is 0. The Labute approximate surface area is 242 Å². The van der Waals surface area contributed by atoms with E-state index in [1.54, 1.807) is 23.1 Å². The fourth-order valence-corrected chi connectivity index (χ4v) is 5.69. The third-order valence-electron chi connectivity index (χ3n) is 6.07. The van der Waals surface area contributed by atoms with Gasteiger partial charge in [-0.3, -0.25) is 9.59 Å². The molecule has 2 atom stereocenters. The second-order valence-electron chi connectivity index (χ2n) is 8.86. The molecule has 1 N–H and O–H groups in total. The lowest BCUT2D eigenvalue weighted by Gasteiger charge is -2.32. The topological polar surface area (TPSA) is 49.4 Å². The van der Waals surface area contributed by atoms with Crippen molar-refractivity contribution in [3.05, 3.63) is 104 Å². The van der Waals surface area contributed by atoms with Crippen molar-refractivity contribution in [2.24, 2.45) is 0 Å². The third-order valence-corrected chi connectivity index (χ3v) is 8.25. The van der Waals surface area contributed by atoms with E-state index >= 15 is 0 Å². The first-order valence-corrected chi connectivity index (χ1v) is 14.9. The molecular formula is C29H31BrCl2N2O2S. The maximum absolute atomic E-state index is 13.7. The van der Waals surface area contributed by atoms with Crippen LogP contribution in [0.2, 0.25) is 10.0 Å². The van der Waals surface area contributed by atoms with Gasteiger partial charge < -0.3 is 10.2 Å². The molecule has 3 aromatic rings. The van der Waals surface area contributed by atoms with E-state index in [-0.39, 0.29) is 23.6 Å². The molecule has 196 valence electrons. The number of rotatable bonds is 12.